The minimum Gasteiger partial charge on any atom is -0.491 e. The normalized spacial score (nSPS) is 16.6. The first kappa shape index (κ1) is 24.8. The van der Waals surface area contributed by atoms with Gasteiger partial charge in [-0.3, -0.25) is 19.3 Å². The zero-order chi connectivity index (χ0) is 24.8. The van der Waals surface area contributed by atoms with E-state index in [2.05, 4.69) is 10.6 Å². The SMILES string of the molecule is CCCOc1ccccc1NC(=O)c1ccc(CNC2=C(Cl)C(=O)N(C3CCCCC3)C2=O)cc1. The Bertz CT molecular complexity index is 1120. The van der Waals surface area contributed by atoms with Crippen LogP contribution in [0.15, 0.2) is 59.3 Å². The molecule has 2 aromatic rings. The minimum absolute atomic E-state index is 0.0551. The number of carbonyl (C=O) groups excluding carboxylic acids is 3. The fourth-order valence-corrected chi connectivity index (χ4v) is 4.65. The van der Waals surface area contributed by atoms with Crippen molar-refractivity contribution in [2.24, 2.45) is 0 Å². The lowest BCUT2D eigenvalue weighted by Gasteiger charge is -2.29. The number of benzene rings is 2. The molecule has 1 heterocycles. The van der Waals surface area contributed by atoms with Crippen LogP contribution in [-0.2, 0) is 16.1 Å². The number of amides is 3. The van der Waals surface area contributed by atoms with Crippen molar-refractivity contribution in [2.45, 2.75) is 58.0 Å². The lowest BCUT2D eigenvalue weighted by Crippen LogP contribution is -2.43. The highest BCUT2D eigenvalue weighted by atomic mass is 35.5. The van der Waals surface area contributed by atoms with Gasteiger partial charge in [-0.1, -0.05) is 62.1 Å². The highest BCUT2D eigenvalue weighted by Gasteiger charge is 2.41. The maximum absolute atomic E-state index is 12.9. The third kappa shape index (κ3) is 5.68. The van der Waals surface area contributed by atoms with Crippen molar-refractivity contribution < 1.29 is 19.1 Å². The first-order valence-electron chi connectivity index (χ1n) is 12.1. The van der Waals surface area contributed by atoms with Crippen LogP contribution in [0, 0.1) is 0 Å². The Balaban J connectivity index is 1.36. The predicted molar refractivity (Wildman–Crippen MR) is 135 cm³/mol. The molecule has 0 bridgehead atoms. The molecule has 0 unspecified atom stereocenters. The van der Waals surface area contributed by atoms with E-state index in [1.54, 1.807) is 30.3 Å². The van der Waals surface area contributed by atoms with Gasteiger partial charge in [0.1, 0.15) is 16.5 Å². The Kier molecular flexibility index (Phi) is 8.08. The Morgan fingerprint density at radius 2 is 1.74 bits per heavy atom. The van der Waals surface area contributed by atoms with Gasteiger partial charge >= 0.3 is 0 Å². The average molecular weight is 496 g/mol. The summed E-state index contributed by atoms with van der Waals surface area (Å²) in [6.07, 6.45) is 5.69. The van der Waals surface area contributed by atoms with Gasteiger partial charge in [0, 0.05) is 18.2 Å². The van der Waals surface area contributed by atoms with Crippen molar-refractivity contribution in [1.82, 2.24) is 10.2 Å². The van der Waals surface area contributed by atoms with Crippen molar-refractivity contribution in [3.8, 4) is 5.75 Å². The van der Waals surface area contributed by atoms with Crippen LogP contribution in [-0.4, -0.2) is 35.3 Å². The summed E-state index contributed by atoms with van der Waals surface area (Å²) in [6, 6.07) is 14.3. The van der Waals surface area contributed by atoms with Crippen molar-refractivity contribution >= 4 is 35.0 Å². The van der Waals surface area contributed by atoms with E-state index in [0.29, 0.717) is 30.2 Å². The topological polar surface area (TPSA) is 87.7 Å². The molecular formula is C27H30ClN3O4. The molecule has 4 rings (SSSR count). The van der Waals surface area contributed by atoms with Crippen LogP contribution in [0.1, 0.15) is 61.4 Å². The van der Waals surface area contributed by atoms with Crippen LogP contribution in [0.4, 0.5) is 5.69 Å². The zero-order valence-corrected chi connectivity index (χ0v) is 20.6. The molecule has 2 aromatic carbocycles. The average Bonchev–Trinajstić information content (AvgIpc) is 3.10. The minimum atomic E-state index is -0.415. The van der Waals surface area contributed by atoms with Crippen LogP contribution in [0.2, 0.25) is 0 Å². The largest absolute Gasteiger partial charge is 0.491 e. The van der Waals surface area contributed by atoms with Gasteiger partial charge in [-0.25, -0.2) is 0 Å². The molecule has 0 radical (unpaired) electrons. The number of hydrogen-bond donors (Lipinski definition) is 2. The molecule has 184 valence electrons. The molecule has 2 aliphatic rings. The molecule has 2 N–H and O–H groups in total. The Hall–Kier alpha value is -3.32. The number of para-hydroxylation sites is 2. The number of ether oxygens (including phenoxy) is 1. The number of anilines is 1. The maximum atomic E-state index is 12.9. The van der Waals surface area contributed by atoms with E-state index >= 15 is 0 Å². The number of rotatable bonds is 9. The molecule has 0 spiro atoms. The summed E-state index contributed by atoms with van der Waals surface area (Å²) in [5.41, 5.74) is 2.10. The predicted octanol–water partition coefficient (Wildman–Crippen LogP) is 4.97. The molecule has 35 heavy (non-hydrogen) atoms. The molecule has 3 amide bonds. The van der Waals surface area contributed by atoms with Gasteiger partial charge in [0.05, 0.1) is 12.3 Å². The second-order valence-electron chi connectivity index (χ2n) is 8.81. The van der Waals surface area contributed by atoms with Gasteiger partial charge in [0.15, 0.2) is 0 Å². The zero-order valence-electron chi connectivity index (χ0n) is 19.8. The van der Waals surface area contributed by atoms with Crippen molar-refractivity contribution in [2.75, 3.05) is 11.9 Å². The Morgan fingerprint density at radius 3 is 2.46 bits per heavy atom. The van der Waals surface area contributed by atoms with Gasteiger partial charge in [0.25, 0.3) is 17.7 Å². The standard InChI is InChI=1S/C27H30ClN3O4/c1-2-16-35-22-11-7-6-10-21(22)30-25(32)19-14-12-18(13-15-19)17-29-24-23(28)26(33)31(27(24)34)20-8-4-3-5-9-20/h6-7,10-15,20,29H,2-5,8-9,16-17H2,1H3,(H,30,32). The summed E-state index contributed by atoms with van der Waals surface area (Å²) < 4.78 is 5.70. The van der Waals surface area contributed by atoms with Gasteiger partial charge in [-0.05, 0) is 49.1 Å². The Labute approximate surface area is 210 Å². The molecule has 0 aromatic heterocycles. The molecule has 1 saturated carbocycles. The first-order chi connectivity index (χ1) is 17.0. The fourth-order valence-electron chi connectivity index (χ4n) is 4.41. The first-order valence-corrected chi connectivity index (χ1v) is 12.5. The highest BCUT2D eigenvalue weighted by Crippen LogP contribution is 2.31. The number of imide groups is 1. The molecule has 1 aliphatic heterocycles. The molecule has 1 aliphatic carbocycles. The molecule has 7 nitrogen and oxygen atoms in total. The van der Waals surface area contributed by atoms with Gasteiger partial charge in [-0.15, -0.1) is 0 Å². The smallest absolute Gasteiger partial charge is 0.278 e. The van der Waals surface area contributed by atoms with Gasteiger partial charge in [0.2, 0.25) is 0 Å². The molecule has 1 fully saturated rings. The highest BCUT2D eigenvalue weighted by molar-refractivity contribution is 6.47. The van der Waals surface area contributed by atoms with Crippen molar-refractivity contribution in [1.29, 1.82) is 0 Å². The Morgan fingerprint density at radius 1 is 1.03 bits per heavy atom. The monoisotopic (exact) mass is 495 g/mol. The fraction of sp³-hybridized carbons (Fsp3) is 0.370. The van der Waals surface area contributed by atoms with E-state index in [-0.39, 0.29) is 28.6 Å². The third-order valence-electron chi connectivity index (χ3n) is 6.28. The molecule has 8 heteroatoms. The number of nitrogens with zero attached hydrogens (tertiary/aromatic N) is 1. The van der Waals surface area contributed by atoms with Crippen LogP contribution < -0.4 is 15.4 Å². The number of hydrogen-bond acceptors (Lipinski definition) is 5. The summed E-state index contributed by atoms with van der Waals surface area (Å²) in [5.74, 6) is -0.387. The van der Waals surface area contributed by atoms with Crippen molar-refractivity contribution in [3.63, 3.8) is 0 Å². The van der Waals surface area contributed by atoms with E-state index in [4.69, 9.17) is 16.3 Å². The summed E-state index contributed by atoms with van der Waals surface area (Å²) >= 11 is 6.23. The molecule has 0 atom stereocenters. The van der Waals surface area contributed by atoms with Crippen LogP contribution in [0.25, 0.3) is 0 Å². The van der Waals surface area contributed by atoms with E-state index in [1.165, 1.54) is 4.90 Å². The van der Waals surface area contributed by atoms with Gasteiger partial charge in [-0.2, -0.15) is 0 Å². The molecular weight excluding hydrogens is 466 g/mol. The number of nitrogens with one attached hydrogen (secondary N) is 2. The summed E-state index contributed by atoms with van der Waals surface area (Å²) in [4.78, 5) is 39.6. The molecule has 0 saturated heterocycles. The van der Waals surface area contributed by atoms with Gasteiger partial charge < -0.3 is 15.4 Å². The summed E-state index contributed by atoms with van der Waals surface area (Å²) in [5, 5.41) is 5.87. The number of carbonyl (C=O) groups is 3. The lowest BCUT2D eigenvalue weighted by molar-refractivity contribution is -0.140. The summed E-state index contributed by atoms with van der Waals surface area (Å²) in [6.45, 7) is 2.90. The van der Waals surface area contributed by atoms with E-state index in [0.717, 1.165) is 44.1 Å². The van der Waals surface area contributed by atoms with Crippen LogP contribution >= 0.6 is 11.6 Å². The van der Waals surface area contributed by atoms with Crippen LogP contribution in [0.5, 0.6) is 5.75 Å². The lowest BCUT2D eigenvalue weighted by atomic mass is 9.94. The van der Waals surface area contributed by atoms with Crippen LogP contribution in [0.3, 0.4) is 0 Å². The van der Waals surface area contributed by atoms with E-state index in [9.17, 15) is 14.4 Å². The third-order valence-corrected chi connectivity index (χ3v) is 6.63. The quantitative estimate of drug-likeness (QED) is 0.479. The summed E-state index contributed by atoms with van der Waals surface area (Å²) in [7, 11) is 0. The maximum Gasteiger partial charge on any atom is 0.278 e. The second kappa shape index (κ2) is 11.4. The van der Waals surface area contributed by atoms with Crippen molar-refractivity contribution in [3.05, 3.63) is 70.4 Å². The second-order valence-corrected chi connectivity index (χ2v) is 9.19. The van der Waals surface area contributed by atoms with E-state index < -0.39 is 5.91 Å². The number of halogens is 1. The van der Waals surface area contributed by atoms with E-state index in [1.807, 2.05) is 25.1 Å².